The van der Waals surface area contributed by atoms with Crippen LogP contribution in [-0.4, -0.2) is 23.7 Å². The molecule has 2 aromatic carbocycles. The van der Waals surface area contributed by atoms with Crippen molar-refractivity contribution in [3.8, 4) is 23.1 Å². The van der Waals surface area contributed by atoms with Crippen LogP contribution in [0.1, 0.15) is 32.8 Å². The van der Waals surface area contributed by atoms with E-state index in [1.165, 1.54) is 0 Å². The lowest BCUT2D eigenvalue weighted by atomic mass is 10.2. The SMILES string of the molecule is CCCOc1ccccc1Oc1ncccc1CN=C(N)Nc1ccc(OC(C)C)cc1. The molecule has 0 aliphatic carbocycles. The summed E-state index contributed by atoms with van der Waals surface area (Å²) in [4.78, 5) is 8.80. The number of pyridine rings is 1. The molecule has 0 aliphatic rings. The van der Waals surface area contributed by atoms with Crippen LogP contribution in [-0.2, 0) is 6.54 Å². The van der Waals surface area contributed by atoms with Crippen molar-refractivity contribution in [3.63, 3.8) is 0 Å². The average molecular weight is 435 g/mol. The lowest BCUT2D eigenvalue weighted by Crippen LogP contribution is -2.22. The molecule has 7 nitrogen and oxygen atoms in total. The highest BCUT2D eigenvalue weighted by Gasteiger charge is 2.10. The third kappa shape index (κ3) is 6.91. The van der Waals surface area contributed by atoms with Gasteiger partial charge in [0.2, 0.25) is 5.88 Å². The van der Waals surface area contributed by atoms with Crippen molar-refractivity contribution in [2.75, 3.05) is 11.9 Å². The first kappa shape index (κ1) is 22.9. The van der Waals surface area contributed by atoms with E-state index in [9.17, 15) is 0 Å². The van der Waals surface area contributed by atoms with Gasteiger partial charge in [-0.2, -0.15) is 0 Å². The Labute approximate surface area is 189 Å². The Kier molecular flexibility index (Phi) is 8.31. The van der Waals surface area contributed by atoms with Crippen LogP contribution in [0.25, 0.3) is 0 Å². The summed E-state index contributed by atoms with van der Waals surface area (Å²) in [5, 5.41) is 3.09. The minimum atomic E-state index is 0.126. The van der Waals surface area contributed by atoms with Gasteiger partial charge in [-0.1, -0.05) is 25.1 Å². The molecule has 0 amide bonds. The van der Waals surface area contributed by atoms with Gasteiger partial charge in [-0.25, -0.2) is 9.98 Å². The topological polar surface area (TPSA) is 91.0 Å². The van der Waals surface area contributed by atoms with Gasteiger partial charge in [0.1, 0.15) is 5.75 Å². The Morgan fingerprint density at radius 2 is 1.78 bits per heavy atom. The summed E-state index contributed by atoms with van der Waals surface area (Å²) >= 11 is 0. The Bertz CT molecular complexity index is 1020. The fraction of sp³-hybridized carbons (Fsp3) is 0.280. The largest absolute Gasteiger partial charge is 0.491 e. The van der Waals surface area contributed by atoms with Crippen molar-refractivity contribution in [3.05, 3.63) is 72.4 Å². The molecule has 0 spiro atoms. The summed E-state index contributed by atoms with van der Waals surface area (Å²) in [6, 6.07) is 18.9. The van der Waals surface area contributed by atoms with Gasteiger partial charge in [0.15, 0.2) is 17.5 Å². The molecule has 0 saturated carbocycles. The van der Waals surface area contributed by atoms with Crippen molar-refractivity contribution in [2.24, 2.45) is 10.7 Å². The van der Waals surface area contributed by atoms with Crippen molar-refractivity contribution in [2.45, 2.75) is 39.8 Å². The summed E-state index contributed by atoms with van der Waals surface area (Å²) in [6.07, 6.45) is 2.72. The number of ether oxygens (including phenoxy) is 3. The number of nitrogens with zero attached hydrogens (tertiary/aromatic N) is 2. The average Bonchev–Trinajstić information content (AvgIpc) is 2.79. The van der Waals surface area contributed by atoms with Gasteiger partial charge >= 0.3 is 0 Å². The molecule has 0 radical (unpaired) electrons. The maximum atomic E-state index is 6.08. The Morgan fingerprint density at radius 3 is 2.50 bits per heavy atom. The highest BCUT2D eigenvalue weighted by Crippen LogP contribution is 2.32. The third-order valence-electron chi connectivity index (χ3n) is 4.29. The summed E-state index contributed by atoms with van der Waals surface area (Å²) < 4.78 is 17.5. The van der Waals surface area contributed by atoms with E-state index in [-0.39, 0.29) is 6.10 Å². The number of hydrogen-bond donors (Lipinski definition) is 2. The zero-order valence-corrected chi connectivity index (χ0v) is 18.7. The van der Waals surface area contributed by atoms with Gasteiger partial charge < -0.3 is 25.3 Å². The second kappa shape index (κ2) is 11.6. The van der Waals surface area contributed by atoms with Crippen LogP contribution in [0.2, 0.25) is 0 Å². The molecule has 3 aromatic rings. The monoisotopic (exact) mass is 434 g/mol. The maximum Gasteiger partial charge on any atom is 0.224 e. The molecule has 3 N–H and O–H groups in total. The maximum absolute atomic E-state index is 6.08. The zero-order chi connectivity index (χ0) is 22.8. The minimum Gasteiger partial charge on any atom is -0.491 e. The second-order valence-electron chi connectivity index (χ2n) is 7.38. The van der Waals surface area contributed by atoms with Crippen LogP contribution in [0.4, 0.5) is 5.69 Å². The number of nitrogens with two attached hydrogens (primary N) is 1. The molecule has 0 aliphatic heterocycles. The first-order chi connectivity index (χ1) is 15.5. The second-order valence-corrected chi connectivity index (χ2v) is 7.38. The van der Waals surface area contributed by atoms with Gasteiger partial charge in [0.25, 0.3) is 0 Å². The summed E-state index contributed by atoms with van der Waals surface area (Å²) in [6.45, 7) is 6.97. The van der Waals surface area contributed by atoms with Crippen LogP contribution in [0.15, 0.2) is 71.9 Å². The number of aliphatic imine (C=N–C) groups is 1. The molecule has 7 heteroatoms. The van der Waals surface area contributed by atoms with Crippen LogP contribution in [0.5, 0.6) is 23.1 Å². The van der Waals surface area contributed by atoms with Crippen LogP contribution in [0.3, 0.4) is 0 Å². The van der Waals surface area contributed by atoms with Crippen LogP contribution < -0.4 is 25.3 Å². The third-order valence-corrected chi connectivity index (χ3v) is 4.29. The highest BCUT2D eigenvalue weighted by atomic mass is 16.5. The van der Waals surface area contributed by atoms with Crippen molar-refractivity contribution in [1.29, 1.82) is 0 Å². The predicted octanol–water partition coefficient (Wildman–Crippen LogP) is 5.38. The van der Waals surface area contributed by atoms with Gasteiger partial charge in [-0.3, -0.25) is 0 Å². The van der Waals surface area contributed by atoms with Gasteiger partial charge in [-0.15, -0.1) is 0 Å². The van der Waals surface area contributed by atoms with E-state index in [4.69, 9.17) is 19.9 Å². The van der Waals surface area contributed by atoms with Crippen LogP contribution in [0, 0.1) is 0 Å². The molecule has 3 rings (SSSR count). The lowest BCUT2D eigenvalue weighted by molar-refractivity contribution is 0.242. The van der Waals surface area contributed by atoms with Gasteiger partial charge in [0.05, 0.1) is 19.3 Å². The van der Waals surface area contributed by atoms with Crippen molar-refractivity contribution >= 4 is 11.6 Å². The highest BCUT2D eigenvalue weighted by molar-refractivity contribution is 5.92. The van der Waals surface area contributed by atoms with E-state index in [1.54, 1.807) is 6.20 Å². The number of guanidine groups is 1. The molecule has 0 bridgehead atoms. The van der Waals surface area contributed by atoms with E-state index in [1.807, 2.05) is 74.5 Å². The Hall–Kier alpha value is -3.74. The number of benzene rings is 2. The fourth-order valence-electron chi connectivity index (χ4n) is 2.85. The number of aromatic nitrogens is 1. The molecule has 32 heavy (non-hydrogen) atoms. The first-order valence-electron chi connectivity index (χ1n) is 10.7. The minimum absolute atomic E-state index is 0.126. The van der Waals surface area contributed by atoms with Crippen LogP contribution >= 0.6 is 0 Å². The molecular weight excluding hydrogens is 404 g/mol. The number of nitrogens with one attached hydrogen (secondary N) is 1. The Balaban J connectivity index is 1.66. The number of para-hydroxylation sites is 2. The lowest BCUT2D eigenvalue weighted by Gasteiger charge is -2.13. The van der Waals surface area contributed by atoms with Crippen molar-refractivity contribution < 1.29 is 14.2 Å². The standard InChI is InChI=1S/C25H30N4O3/c1-4-16-30-22-9-5-6-10-23(22)32-24-19(8-7-15-27-24)17-28-25(26)29-20-11-13-21(14-12-20)31-18(2)3/h5-15,18H,4,16-17H2,1-3H3,(H3,26,28,29). The van der Waals surface area contributed by atoms with Gasteiger partial charge in [0, 0.05) is 17.4 Å². The van der Waals surface area contributed by atoms with E-state index in [0.717, 1.165) is 23.4 Å². The number of anilines is 1. The zero-order valence-electron chi connectivity index (χ0n) is 18.7. The molecule has 1 heterocycles. The molecule has 0 atom stereocenters. The van der Waals surface area contributed by atoms with E-state index in [0.29, 0.717) is 36.5 Å². The predicted molar refractivity (Wildman–Crippen MR) is 128 cm³/mol. The summed E-state index contributed by atoms with van der Waals surface area (Å²) in [5.74, 6) is 2.86. The Morgan fingerprint density at radius 1 is 1.03 bits per heavy atom. The first-order valence-corrected chi connectivity index (χ1v) is 10.7. The molecule has 0 unspecified atom stereocenters. The summed E-state index contributed by atoms with van der Waals surface area (Å²) in [5.41, 5.74) is 7.71. The van der Waals surface area contributed by atoms with Crippen molar-refractivity contribution in [1.82, 2.24) is 4.98 Å². The van der Waals surface area contributed by atoms with E-state index in [2.05, 4.69) is 22.2 Å². The molecule has 0 fully saturated rings. The number of hydrogen-bond acceptors (Lipinski definition) is 5. The van der Waals surface area contributed by atoms with E-state index >= 15 is 0 Å². The smallest absolute Gasteiger partial charge is 0.224 e. The summed E-state index contributed by atoms with van der Waals surface area (Å²) in [7, 11) is 0. The van der Waals surface area contributed by atoms with E-state index < -0.39 is 0 Å². The molecule has 168 valence electrons. The molecular formula is C25H30N4O3. The number of rotatable bonds is 10. The quantitative estimate of drug-likeness (QED) is 0.329. The fourth-order valence-corrected chi connectivity index (χ4v) is 2.85. The normalized spacial score (nSPS) is 11.3. The molecule has 0 saturated heterocycles. The molecule has 1 aromatic heterocycles. The van der Waals surface area contributed by atoms with Gasteiger partial charge in [-0.05, 0) is 62.7 Å².